The minimum Gasteiger partial charge on any atom is -0.491 e. The number of hydrogen-bond acceptors (Lipinski definition) is 2. The quantitative estimate of drug-likeness (QED) is 0.528. The summed E-state index contributed by atoms with van der Waals surface area (Å²) in [6.07, 6.45) is -1.05. The number of alkyl halides is 3. The second-order valence-corrected chi connectivity index (χ2v) is 5.13. The van der Waals surface area contributed by atoms with Crippen LogP contribution in [0.4, 0.5) is 13.2 Å². The zero-order valence-corrected chi connectivity index (χ0v) is 12.3. The van der Waals surface area contributed by atoms with Gasteiger partial charge < -0.3 is 15.4 Å². The summed E-state index contributed by atoms with van der Waals surface area (Å²) in [6, 6.07) is 5.15. The molecule has 1 aliphatic heterocycles. The molecular formula is C15H20F3N3O. The Morgan fingerprint density at radius 1 is 1.18 bits per heavy atom. The lowest BCUT2D eigenvalue weighted by Gasteiger charge is -2.27. The van der Waals surface area contributed by atoms with Gasteiger partial charge in [-0.3, -0.25) is 0 Å². The molecule has 0 aliphatic carbocycles. The van der Waals surface area contributed by atoms with Crippen molar-refractivity contribution in [1.29, 1.82) is 0 Å². The van der Waals surface area contributed by atoms with Gasteiger partial charge in [-0.2, -0.15) is 13.2 Å². The molecule has 1 aliphatic rings. The number of nitrogens with two attached hydrogens (primary N) is 1. The Labute approximate surface area is 127 Å². The van der Waals surface area contributed by atoms with Crippen LogP contribution < -0.4 is 10.5 Å². The number of guanidine groups is 1. The van der Waals surface area contributed by atoms with Gasteiger partial charge >= 0.3 is 6.18 Å². The zero-order valence-electron chi connectivity index (χ0n) is 12.3. The van der Waals surface area contributed by atoms with Crippen molar-refractivity contribution in [3.8, 4) is 5.75 Å². The van der Waals surface area contributed by atoms with E-state index in [1.54, 1.807) is 0 Å². The standard InChI is InChI=1S/C15H20F3N3O/c16-15(17,18)12-6-2-3-7-13(12)22-11-8-20-14(19)21-9-4-1-5-10-21/h2-3,6-7H,1,4-5,8-11H2,(H2,19,20). The van der Waals surface area contributed by atoms with Crippen molar-refractivity contribution in [2.75, 3.05) is 26.2 Å². The second kappa shape index (κ2) is 7.38. The van der Waals surface area contributed by atoms with E-state index in [1.807, 2.05) is 4.90 Å². The lowest BCUT2D eigenvalue weighted by atomic mass is 10.1. The molecule has 2 N–H and O–H groups in total. The number of rotatable bonds is 4. The minimum absolute atomic E-state index is 0.0572. The van der Waals surface area contributed by atoms with Crippen molar-refractivity contribution in [3.05, 3.63) is 29.8 Å². The number of nitrogens with zero attached hydrogens (tertiary/aromatic N) is 2. The average Bonchev–Trinajstić information content (AvgIpc) is 2.51. The lowest BCUT2D eigenvalue weighted by Crippen LogP contribution is -2.41. The highest BCUT2D eigenvalue weighted by atomic mass is 19.4. The number of benzene rings is 1. The van der Waals surface area contributed by atoms with Crippen molar-refractivity contribution < 1.29 is 17.9 Å². The molecule has 7 heteroatoms. The molecule has 1 saturated heterocycles. The average molecular weight is 315 g/mol. The number of hydrogen-bond donors (Lipinski definition) is 1. The third-order valence-corrected chi connectivity index (χ3v) is 3.50. The van der Waals surface area contributed by atoms with E-state index in [-0.39, 0.29) is 18.9 Å². The number of likely N-dealkylation sites (tertiary alicyclic amines) is 1. The van der Waals surface area contributed by atoms with E-state index in [2.05, 4.69) is 4.99 Å². The van der Waals surface area contributed by atoms with Gasteiger partial charge in [-0.15, -0.1) is 0 Å². The van der Waals surface area contributed by atoms with Gasteiger partial charge in [0.05, 0.1) is 12.1 Å². The summed E-state index contributed by atoms with van der Waals surface area (Å²) >= 11 is 0. The van der Waals surface area contributed by atoms with Crippen LogP contribution in [-0.4, -0.2) is 37.1 Å². The van der Waals surface area contributed by atoms with Crippen LogP contribution in [0.1, 0.15) is 24.8 Å². The van der Waals surface area contributed by atoms with E-state index in [9.17, 15) is 13.2 Å². The Morgan fingerprint density at radius 3 is 2.55 bits per heavy atom. The van der Waals surface area contributed by atoms with Crippen LogP contribution in [0.3, 0.4) is 0 Å². The summed E-state index contributed by atoms with van der Waals surface area (Å²) in [4.78, 5) is 6.16. The van der Waals surface area contributed by atoms with Crippen molar-refractivity contribution in [1.82, 2.24) is 4.90 Å². The van der Waals surface area contributed by atoms with E-state index in [4.69, 9.17) is 10.5 Å². The molecule has 0 spiro atoms. The SMILES string of the molecule is NC(=NCCOc1ccccc1C(F)(F)F)N1CCCCC1. The summed E-state index contributed by atoms with van der Waals surface area (Å²) in [5, 5.41) is 0. The summed E-state index contributed by atoms with van der Waals surface area (Å²) in [6.45, 7) is 2.05. The molecule has 0 amide bonds. The first-order valence-electron chi connectivity index (χ1n) is 7.32. The summed E-state index contributed by atoms with van der Waals surface area (Å²) < 4.78 is 43.6. The van der Waals surface area contributed by atoms with Gasteiger partial charge in [-0.05, 0) is 31.4 Å². The predicted molar refractivity (Wildman–Crippen MR) is 78.9 cm³/mol. The van der Waals surface area contributed by atoms with E-state index >= 15 is 0 Å². The highest BCUT2D eigenvalue weighted by Crippen LogP contribution is 2.35. The third kappa shape index (κ3) is 4.54. The smallest absolute Gasteiger partial charge is 0.419 e. The number of halogens is 3. The number of piperidine rings is 1. The van der Waals surface area contributed by atoms with Crippen LogP contribution in [0.2, 0.25) is 0 Å². The zero-order chi connectivity index (χ0) is 16.0. The van der Waals surface area contributed by atoms with Gasteiger partial charge in [0.2, 0.25) is 0 Å². The van der Waals surface area contributed by atoms with Crippen molar-refractivity contribution in [3.63, 3.8) is 0 Å². The summed E-state index contributed by atoms with van der Waals surface area (Å²) in [5.41, 5.74) is 5.09. The van der Waals surface area contributed by atoms with Crippen LogP contribution in [0, 0.1) is 0 Å². The van der Waals surface area contributed by atoms with Crippen molar-refractivity contribution >= 4 is 5.96 Å². The van der Waals surface area contributed by atoms with Gasteiger partial charge in [0.25, 0.3) is 0 Å². The number of para-hydroxylation sites is 1. The van der Waals surface area contributed by atoms with Gasteiger partial charge in [-0.25, -0.2) is 4.99 Å². The summed E-state index contributed by atoms with van der Waals surface area (Å²) in [7, 11) is 0. The molecule has 1 aromatic rings. The lowest BCUT2D eigenvalue weighted by molar-refractivity contribution is -0.138. The first kappa shape index (κ1) is 16.5. The Hall–Kier alpha value is -1.92. The Kier molecular flexibility index (Phi) is 5.51. The molecular weight excluding hydrogens is 295 g/mol. The Balaban J connectivity index is 1.86. The molecule has 1 aromatic carbocycles. The second-order valence-electron chi connectivity index (χ2n) is 5.13. The first-order chi connectivity index (χ1) is 10.5. The maximum Gasteiger partial charge on any atom is 0.419 e. The molecule has 0 bridgehead atoms. The molecule has 0 radical (unpaired) electrons. The van der Waals surface area contributed by atoms with Gasteiger partial charge in [0.1, 0.15) is 12.4 Å². The van der Waals surface area contributed by atoms with Crippen LogP contribution in [-0.2, 0) is 6.18 Å². The van der Waals surface area contributed by atoms with Gasteiger partial charge in [-0.1, -0.05) is 12.1 Å². The molecule has 0 saturated carbocycles. The molecule has 0 aromatic heterocycles. The number of aliphatic imine (C=N–C) groups is 1. The fourth-order valence-electron chi connectivity index (χ4n) is 2.37. The van der Waals surface area contributed by atoms with E-state index in [0.29, 0.717) is 5.96 Å². The normalized spacial score (nSPS) is 16.7. The van der Waals surface area contributed by atoms with Crippen molar-refractivity contribution in [2.45, 2.75) is 25.4 Å². The molecule has 0 unspecified atom stereocenters. The summed E-state index contributed by atoms with van der Waals surface area (Å²) in [5.74, 6) is 0.258. The van der Waals surface area contributed by atoms with Crippen LogP contribution >= 0.6 is 0 Å². The molecule has 4 nitrogen and oxygen atoms in total. The topological polar surface area (TPSA) is 50.9 Å². The van der Waals surface area contributed by atoms with Gasteiger partial charge in [0, 0.05) is 13.1 Å². The van der Waals surface area contributed by atoms with E-state index in [1.165, 1.54) is 24.6 Å². The molecule has 0 atom stereocenters. The van der Waals surface area contributed by atoms with Gasteiger partial charge in [0.15, 0.2) is 5.96 Å². The molecule has 1 heterocycles. The maximum absolute atomic E-state index is 12.8. The molecule has 2 rings (SSSR count). The Bertz CT molecular complexity index is 511. The fourth-order valence-corrected chi connectivity index (χ4v) is 2.37. The first-order valence-corrected chi connectivity index (χ1v) is 7.32. The van der Waals surface area contributed by atoms with E-state index < -0.39 is 11.7 Å². The van der Waals surface area contributed by atoms with Crippen LogP contribution in [0.5, 0.6) is 5.75 Å². The maximum atomic E-state index is 12.8. The van der Waals surface area contributed by atoms with Crippen LogP contribution in [0.25, 0.3) is 0 Å². The third-order valence-electron chi connectivity index (χ3n) is 3.50. The largest absolute Gasteiger partial charge is 0.491 e. The molecule has 122 valence electrons. The highest BCUT2D eigenvalue weighted by Gasteiger charge is 2.33. The Morgan fingerprint density at radius 2 is 1.86 bits per heavy atom. The highest BCUT2D eigenvalue weighted by molar-refractivity contribution is 5.78. The minimum atomic E-state index is -4.42. The van der Waals surface area contributed by atoms with E-state index in [0.717, 1.165) is 32.0 Å². The monoisotopic (exact) mass is 315 g/mol. The molecule has 1 fully saturated rings. The number of ether oxygens (including phenoxy) is 1. The predicted octanol–water partition coefficient (Wildman–Crippen LogP) is 2.88. The molecule has 22 heavy (non-hydrogen) atoms. The van der Waals surface area contributed by atoms with Crippen LogP contribution in [0.15, 0.2) is 29.3 Å². The fraction of sp³-hybridized carbons (Fsp3) is 0.533. The van der Waals surface area contributed by atoms with Crippen molar-refractivity contribution in [2.24, 2.45) is 10.7 Å².